The number of hydrogen-bond acceptors (Lipinski definition) is 5. The van der Waals surface area contributed by atoms with E-state index in [1.54, 1.807) is 23.5 Å². The van der Waals surface area contributed by atoms with Crippen LogP contribution in [-0.2, 0) is 12.8 Å². The van der Waals surface area contributed by atoms with Gasteiger partial charge in [-0.25, -0.2) is 4.98 Å². The van der Waals surface area contributed by atoms with Gasteiger partial charge in [0, 0.05) is 16.5 Å². The Morgan fingerprint density at radius 2 is 1.96 bits per heavy atom. The smallest absolute Gasteiger partial charge is 0.284 e. The number of fused-ring (bicyclic) bond motifs is 3. The second-order valence-electron chi connectivity index (χ2n) is 6.44. The summed E-state index contributed by atoms with van der Waals surface area (Å²) in [6, 6.07) is 4.74. The zero-order chi connectivity index (χ0) is 18.3. The molecule has 0 saturated heterocycles. The van der Waals surface area contributed by atoms with E-state index in [2.05, 4.69) is 25.9 Å². The number of nitro groups is 1. The van der Waals surface area contributed by atoms with Crippen molar-refractivity contribution in [3.8, 4) is 11.4 Å². The Balaban J connectivity index is 1.87. The number of aryl methyl sites for hydroxylation is 2. The summed E-state index contributed by atoms with van der Waals surface area (Å²) in [6.07, 6.45) is 6.58. The van der Waals surface area contributed by atoms with Gasteiger partial charge in [-0.1, -0.05) is 12.8 Å². The van der Waals surface area contributed by atoms with Gasteiger partial charge in [-0.2, -0.15) is 0 Å². The lowest BCUT2D eigenvalue weighted by Gasteiger charge is -2.08. The fraction of sp³-hybridized carbons (Fsp3) is 0.333. The third kappa shape index (κ3) is 3.07. The molecular weight excluding hydrogens is 418 g/mol. The topological polar surface area (TPSA) is 88.9 Å². The first-order valence-electron chi connectivity index (χ1n) is 8.53. The molecular formula is C18H16BrN3O3S. The van der Waals surface area contributed by atoms with Gasteiger partial charge < -0.3 is 4.98 Å². The fourth-order valence-electron chi connectivity index (χ4n) is 3.45. The molecule has 0 aliphatic heterocycles. The van der Waals surface area contributed by atoms with E-state index in [1.165, 1.54) is 23.8 Å². The molecule has 0 fully saturated rings. The zero-order valence-corrected chi connectivity index (χ0v) is 16.3. The molecule has 0 bridgehead atoms. The van der Waals surface area contributed by atoms with Crippen molar-refractivity contribution in [1.82, 2.24) is 9.97 Å². The molecule has 0 amide bonds. The molecule has 1 aliphatic carbocycles. The van der Waals surface area contributed by atoms with Crippen LogP contribution in [0.4, 0.5) is 5.69 Å². The van der Waals surface area contributed by atoms with E-state index in [0.29, 0.717) is 21.2 Å². The summed E-state index contributed by atoms with van der Waals surface area (Å²) in [5.74, 6) is 0.368. The first-order chi connectivity index (χ1) is 12.5. The minimum atomic E-state index is -0.457. The molecule has 26 heavy (non-hydrogen) atoms. The Kier molecular flexibility index (Phi) is 4.62. The van der Waals surface area contributed by atoms with Gasteiger partial charge >= 0.3 is 0 Å². The summed E-state index contributed by atoms with van der Waals surface area (Å²) in [7, 11) is 0. The summed E-state index contributed by atoms with van der Waals surface area (Å²) in [5, 5.41) is 11.9. The molecule has 8 heteroatoms. The summed E-state index contributed by atoms with van der Waals surface area (Å²) in [5.41, 5.74) is 1.46. The second-order valence-corrected chi connectivity index (χ2v) is 8.37. The summed E-state index contributed by atoms with van der Waals surface area (Å²) in [6.45, 7) is 0. The van der Waals surface area contributed by atoms with Gasteiger partial charge in [-0.05, 0) is 59.3 Å². The van der Waals surface area contributed by atoms with Crippen molar-refractivity contribution in [2.45, 2.75) is 38.5 Å². The van der Waals surface area contributed by atoms with E-state index in [4.69, 9.17) is 0 Å². The lowest BCUT2D eigenvalue weighted by atomic mass is 9.98. The van der Waals surface area contributed by atoms with Crippen LogP contribution < -0.4 is 5.56 Å². The largest absolute Gasteiger partial charge is 0.306 e. The lowest BCUT2D eigenvalue weighted by molar-refractivity contribution is -0.385. The van der Waals surface area contributed by atoms with Gasteiger partial charge in [-0.3, -0.25) is 14.9 Å². The fourth-order valence-corrected chi connectivity index (χ4v) is 5.11. The van der Waals surface area contributed by atoms with E-state index in [9.17, 15) is 14.9 Å². The summed E-state index contributed by atoms with van der Waals surface area (Å²) < 4.78 is 0.397. The minimum Gasteiger partial charge on any atom is -0.306 e. The number of H-pyrrole nitrogens is 1. The first-order valence-corrected chi connectivity index (χ1v) is 10.1. The van der Waals surface area contributed by atoms with Crippen LogP contribution in [0.2, 0.25) is 0 Å². The van der Waals surface area contributed by atoms with E-state index < -0.39 is 4.92 Å². The first kappa shape index (κ1) is 17.4. The van der Waals surface area contributed by atoms with Crippen LogP contribution in [0.3, 0.4) is 0 Å². The van der Waals surface area contributed by atoms with Crippen molar-refractivity contribution in [2.75, 3.05) is 0 Å². The van der Waals surface area contributed by atoms with Gasteiger partial charge in [0.2, 0.25) is 0 Å². The molecule has 2 heterocycles. The van der Waals surface area contributed by atoms with Crippen molar-refractivity contribution in [3.63, 3.8) is 0 Å². The highest BCUT2D eigenvalue weighted by molar-refractivity contribution is 9.10. The van der Waals surface area contributed by atoms with Crippen molar-refractivity contribution >= 4 is 43.2 Å². The quantitative estimate of drug-likeness (QED) is 0.455. The molecule has 0 radical (unpaired) electrons. The molecule has 4 rings (SSSR count). The number of rotatable bonds is 2. The van der Waals surface area contributed by atoms with Crippen molar-refractivity contribution in [1.29, 1.82) is 0 Å². The van der Waals surface area contributed by atoms with Crippen LogP contribution >= 0.6 is 27.3 Å². The van der Waals surface area contributed by atoms with Crippen LogP contribution in [0.25, 0.3) is 21.6 Å². The highest BCUT2D eigenvalue weighted by Gasteiger charge is 2.20. The number of nitro benzene ring substituents is 1. The van der Waals surface area contributed by atoms with Crippen molar-refractivity contribution in [3.05, 3.63) is 53.6 Å². The molecule has 0 saturated carbocycles. The van der Waals surface area contributed by atoms with Gasteiger partial charge in [0.1, 0.15) is 10.7 Å². The summed E-state index contributed by atoms with van der Waals surface area (Å²) >= 11 is 4.76. The van der Waals surface area contributed by atoms with Crippen molar-refractivity contribution in [2.24, 2.45) is 0 Å². The maximum Gasteiger partial charge on any atom is 0.284 e. The monoisotopic (exact) mass is 433 g/mol. The molecule has 1 N–H and O–H groups in total. The van der Waals surface area contributed by atoms with E-state index in [1.807, 2.05) is 0 Å². The van der Waals surface area contributed by atoms with E-state index in [-0.39, 0.29) is 11.2 Å². The standard InChI is InChI=1S/C18H16BrN3O3S/c19-12-8-7-10(9-13(12)22(24)25)16-20-17(23)15-11-5-3-1-2-4-6-14(11)26-18(15)21-16/h7-9H,1-6H2,(H,20,21,23). The number of benzene rings is 1. The zero-order valence-electron chi connectivity index (χ0n) is 13.9. The molecule has 1 aromatic carbocycles. The second kappa shape index (κ2) is 6.92. The molecule has 1 aliphatic rings. The minimum absolute atomic E-state index is 0.0521. The van der Waals surface area contributed by atoms with E-state index >= 15 is 0 Å². The third-order valence-electron chi connectivity index (χ3n) is 4.74. The van der Waals surface area contributed by atoms with Gasteiger partial charge in [-0.15, -0.1) is 11.3 Å². The van der Waals surface area contributed by atoms with Crippen LogP contribution in [-0.4, -0.2) is 14.9 Å². The van der Waals surface area contributed by atoms with Gasteiger partial charge in [0.25, 0.3) is 11.2 Å². The molecule has 0 unspecified atom stereocenters. The Morgan fingerprint density at radius 1 is 1.19 bits per heavy atom. The molecule has 134 valence electrons. The maximum absolute atomic E-state index is 12.8. The van der Waals surface area contributed by atoms with Crippen LogP contribution in [0.15, 0.2) is 27.5 Å². The number of nitrogens with zero attached hydrogens (tertiary/aromatic N) is 2. The third-order valence-corrected chi connectivity index (χ3v) is 6.60. The Bertz CT molecular complexity index is 1070. The SMILES string of the molecule is O=c1[nH]c(-c2ccc(Br)c([N+](=O)[O-])c2)nc2sc3c(c12)CCCCCC3. The predicted octanol–water partition coefficient (Wildman–Crippen LogP) is 4.98. The number of thiophene rings is 1. The number of halogens is 1. The number of hydrogen-bond donors (Lipinski definition) is 1. The Labute approximate surface area is 161 Å². The number of nitrogens with one attached hydrogen (secondary N) is 1. The number of aromatic nitrogens is 2. The Hall–Kier alpha value is -2.06. The van der Waals surface area contributed by atoms with Gasteiger partial charge in [0.05, 0.1) is 14.8 Å². The molecule has 0 atom stereocenters. The molecule has 3 aromatic rings. The average molecular weight is 434 g/mol. The highest BCUT2D eigenvalue weighted by Crippen LogP contribution is 2.34. The summed E-state index contributed by atoms with van der Waals surface area (Å²) in [4.78, 5) is 32.9. The van der Waals surface area contributed by atoms with Crippen molar-refractivity contribution < 1.29 is 4.92 Å². The van der Waals surface area contributed by atoms with Crippen LogP contribution in [0.5, 0.6) is 0 Å². The Morgan fingerprint density at radius 3 is 2.73 bits per heavy atom. The van der Waals surface area contributed by atoms with Gasteiger partial charge in [0.15, 0.2) is 0 Å². The normalized spacial score (nSPS) is 14.7. The highest BCUT2D eigenvalue weighted by atomic mass is 79.9. The molecule has 6 nitrogen and oxygen atoms in total. The predicted molar refractivity (Wildman–Crippen MR) is 106 cm³/mol. The van der Waals surface area contributed by atoms with Crippen LogP contribution in [0, 0.1) is 10.1 Å². The lowest BCUT2D eigenvalue weighted by Crippen LogP contribution is -2.10. The molecule has 2 aromatic heterocycles. The van der Waals surface area contributed by atoms with Crippen LogP contribution in [0.1, 0.15) is 36.1 Å². The number of aromatic amines is 1. The van der Waals surface area contributed by atoms with E-state index in [0.717, 1.165) is 36.1 Å². The molecule has 0 spiro atoms. The maximum atomic E-state index is 12.8. The average Bonchev–Trinajstić information content (AvgIpc) is 2.92.